The molecule has 1 aliphatic carbocycles. The minimum Gasteiger partial charge on any atom is -0.294 e. The minimum absolute atomic E-state index is 1.11. The fourth-order valence-electron chi connectivity index (χ4n) is 2.04. The van der Waals surface area contributed by atoms with Gasteiger partial charge in [0.05, 0.1) is 0 Å². The lowest BCUT2D eigenvalue weighted by Gasteiger charge is -2.24. The Morgan fingerprint density at radius 2 is 2.50 bits per heavy atom. The van der Waals surface area contributed by atoms with Crippen LogP contribution in [0.15, 0.2) is 0 Å². The number of hydrogen-bond acceptors (Lipinski definition) is 1. The fraction of sp³-hybridized carbons (Fsp3) is 1.00. The van der Waals surface area contributed by atoms with Crippen LogP contribution in [-0.2, 0) is 0 Å². The maximum atomic E-state index is 2.59. The smallest absolute Gasteiger partial charge is 0.0296 e. The van der Waals surface area contributed by atoms with E-state index in [1.165, 1.54) is 12.5 Å². The fourth-order valence-corrected chi connectivity index (χ4v) is 2.04. The van der Waals surface area contributed by atoms with E-state index in [1.807, 2.05) is 0 Å². The van der Waals surface area contributed by atoms with Gasteiger partial charge in [-0.2, -0.15) is 0 Å². The monoisotopic (exact) mass is 81.1 g/mol. The van der Waals surface area contributed by atoms with Crippen LogP contribution in [0, 0.1) is 5.92 Å². The highest BCUT2D eigenvalue weighted by molar-refractivity contribution is 5.25. The van der Waals surface area contributed by atoms with Gasteiger partial charge in [-0.25, -0.2) is 0 Å². The molecule has 0 amide bonds. The number of rotatable bonds is 0. The second-order valence-corrected chi connectivity index (χ2v) is 2.75. The third-order valence-electron chi connectivity index (χ3n) is 2.59. The third-order valence-corrected chi connectivity index (χ3v) is 2.59. The SMILES string of the molecule is C1C2CN3C2[C@@H]13. The lowest BCUT2D eigenvalue weighted by molar-refractivity contribution is 0.272. The number of nitrogens with zero attached hydrogens (tertiary/aromatic N) is 1. The van der Waals surface area contributed by atoms with E-state index in [2.05, 4.69) is 4.90 Å². The molecule has 0 spiro atoms. The molecule has 1 saturated carbocycles. The van der Waals surface area contributed by atoms with Crippen LogP contribution in [-0.4, -0.2) is 23.5 Å². The average Bonchev–Trinajstić information content (AvgIpc) is 2.03. The highest BCUT2D eigenvalue weighted by Crippen LogP contribution is 2.59. The largest absolute Gasteiger partial charge is 0.294 e. The van der Waals surface area contributed by atoms with Crippen molar-refractivity contribution in [2.24, 2.45) is 5.92 Å². The summed E-state index contributed by atoms with van der Waals surface area (Å²) in [5, 5.41) is 0. The summed E-state index contributed by atoms with van der Waals surface area (Å²) in [5.41, 5.74) is 0. The molecule has 3 unspecified atom stereocenters. The highest BCUT2D eigenvalue weighted by Gasteiger charge is 2.69. The van der Waals surface area contributed by atoms with Gasteiger partial charge in [0, 0.05) is 18.6 Å². The Kier molecular flexibility index (Phi) is 0.154. The van der Waals surface area contributed by atoms with Crippen molar-refractivity contribution in [3.05, 3.63) is 0 Å². The van der Waals surface area contributed by atoms with E-state index in [0.29, 0.717) is 0 Å². The van der Waals surface area contributed by atoms with Crippen LogP contribution in [0.1, 0.15) is 6.42 Å². The number of piperidine rings is 1. The third kappa shape index (κ3) is 0.0719. The Hall–Kier alpha value is -0.0400. The van der Waals surface area contributed by atoms with Gasteiger partial charge < -0.3 is 0 Å². The van der Waals surface area contributed by atoms with Gasteiger partial charge in [0.1, 0.15) is 0 Å². The first-order chi connectivity index (χ1) is 2.97. The normalized spacial score (nSPS) is 80.0. The van der Waals surface area contributed by atoms with Crippen LogP contribution in [0.4, 0.5) is 0 Å². The van der Waals surface area contributed by atoms with Crippen LogP contribution < -0.4 is 0 Å². The standard InChI is InChI=1S/C5H7N/c1-3-2-6-4(1)5(3)6/h3-5H,1-2H2/t3?,4-,5?,6?/m1/s1. The van der Waals surface area contributed by atoms with Crippen molar-refractivity contribution < 1.29 is 0 Å². The predicted molar refractivity (Wildman–Crippen MR) is 22.4 cm³/mol. The van der Waals surface area contributed by atoms with Crippen LogP contribution in [0.2, 0.25) is 0 Å². The van der Waals surface area contributed by atoms with Crippen LogP contribution in [0.3, 0.4) is 0 Å². The summed E-state index contributed by atoms with van der Waals surface area (Å²) in [6, 6.07) is 2.24. The van der Waals surface area contributed by atoms with Gasteiger partial charge in [0.15, 0.2) is 0 Å². The Morgan fingerprint density at radius 1 is 1.50 bits per heavy atom. The highest BCUT2D eigenvalue weighted by atomic mass is 15.5. The zero-order valence-electron chi connectivity index (χ0n) is 3.59. The molecule has 3 fully saturated rings. The predicted octanol–water partition coefficient (Wildman–Crippen LogP) is 0.0727. The summed E-state index contributed by atoms with van der Waals surface area (Å²) in [6.45, 7) is 1.45. The van der Waals surface area contributed by atoms with Gasteiger partial charge in [-0.15, -0.1) is 0 Å². The molecule has 4 atom stereocenters. The molecule has 3 rings (SSSR count). The zero-order chi connectivity index (χ0) is 3.72. The topological polar surface area (TPSA) is 3.01 Å². The molecule has 0 aromatic rings. The van der Waals surface area contributed by atoms with Crippen LogP contribution in [0.25, 0.3) is 0 Å². The molecule has 0 N–H and O–H groups in total. The molecule has 1 heteroatoms. The van der Waals surface area contributed by atoms with Crippen molar-refractivity contribution in [1.29, 1.82) is 0 Å². The molecular weight excluding hydrogens is 74.1 g/mol. The average molecular weight is 81.1 g/mol. The molecule has 0 radical (unpaired) electrons. The molecule has 0 aromatic carbocycles. The quantitative estimate of drug-likeness (QED) is 0.373. The summed E-state index contributed by atoms with van der Waals surface area (Å²) in [4.78, 5) is 2.59. The van der Waals surface area contributed by atoms with E-state index in [9.17, 15) is 0 Å². The van der Waals surface area contributed by atoms with E-state index in [-0.39, 0.29) is 0 Å². The summed E-state index contributed by atoms with van der Waals surface area (Å²) in [6.07, 6.45) is 1.55. The number of fused-ring (bicyclic) bond motifs is 1. The van der Waals surface area contributed by atoms with E-state index < -0.39 is 0 Å². The Labute approximate surface area is 36.9 Å². The van der Waals surface area contributed by atoms with Crippen molar-refractivity contribution in [2.45, 2.75) is 18.5 Å². The zero-order valence-corrected chi connectivity index (χ0v) is 3.59. The molecule has 32 valence electrons. The molecule has 0 aromatic heterocycles. The lowest BCUT2D eigenvalue weighted by Crippen LogP contribution is -2.33. The molecular formula is C5H7N. The van der Waals surface area contributed by atoms with Gasteiger partial charge in [-0.3, -0.25) is 4.90 Å². The number of hydrogen-bond donors (Lipinski definition) is 0. The van der Waals surface area contributed by atoms with Gasteiger partial charge >= 0.3 is 0 Å². The Balaban J connectivity index is 2.21. The van der Waals surface area contributed by atoms with Crippen molar-refractivity contribution in [3.63, 3.8) is 0 Å². The molecule has 0 bridgehead atoms. The molecule has 2 heterocycles. The van der Waals surface area contributed by atoms with Gasteiger partial charge in [0.2, 0.25) is 0 Å². The molecule has 2 aliphatic heterocycles. The van der Waals surface area contributed by atoms with Gasteiger partial charge in [-0.1, -0.05) is 0 Å². The van der Waals surface area contributed by atoms with Gasteiger partial charge in [0.25, 0.3) is 0 Å². The summed E-state index contributed by atoms with van der Waals surface area (Å²) < 4.78 is 0. The van der Waals surface area contributed by atoms with Crippen molar-refractivity contribution in [1.82, 2.24) is 4.90 Å². The summed E-state index contributed by atoms with van der Waals surface area (Å²) in [5.74, 6) is 1.18. The van der Waals surface area contributed by atoms with Crippen LogP contribution >= 0.6 is 0 Å². The molecule has 1 nitrogen and oxygen atoms in total. The van der Waals surface area contributed by atoms with E-state index in [1.54, 1.807) is 6.42 Å². The lowest BCUT2D eigenvalue weighted by atomic mass is 9.85. The maximum Gasteiger partial charge on any atom is 0.0296 e. The second kappa shape index (κ2) is 0.399. The first-order valence-corrected chi connectivity index (χ1v) is 2.72. The van der Waals surface area contributed by atoms with Crippen molar-refractivity contribution in [3.8, 4) is 0 Å². The minimum atomic E-state index is 1.11. The van der Waals surface area contributed by atoms with E-state index in [4.69, 9.17) is 0 Å². The van der Waals surface area contributed by atoms with E-state index >= 15 is 0 Å². The second-order valence-electron chi connectivity index (χ2n) is 2.75. The van der Waals surface area contributed by atoms with E-state index in [0.717, 1.165) is 12.1 Å². The van der Waals surface area contributed by atoms with Gasteiger partial charge in [-0.05, 0) is 12.3 Å². The molecule has 2 saturated heterocycles. The molecule has 6 heavy (non-hydrogen) atoms. The summed E-state index contributed by atoms with van der Waals surface area (Å²) in [7, 11) is 0. The molecule has 3 aliphatic rings. The summed E-state index contributed by atoms with van der Waals surface area (Å²) >= 11 is 0. The first-order valence-electron chi connectivity index (χ1n) is 2.72. The van der Waals surface area contributed by atoms with Crippen molar-refractivity contribution in [2.75, 3.05) is 6.54 Å². The Bertz CT molecular complexity index is 81.4. The van der Waals surface area contributed by atoms with Crippen molar-refractivity contribution >= 4 is 0 Å². The van der Waals surface area contributed by atoms with Crippen LogP contribution in [0.5, 0.6) is 0 Å². The Morgan fingerprint density at radius 3 is 2.50 bits per heavy atom. The first kappa shape index (κ1) is 2.31. The maximum absolute atomic E-state index is 2.59.